The van der Waals surface area contributed by atoms with Crippen LogP contribution in [-0.4, -0.2) is 19.2 Å². The molecule has 1 aliphatic carbocycles. The second-order valence-corrected chi connectivity index (χ2v) is 3.53. The fourth-order valence-electron chi connectivity index (χ4n) is 1.28. The maximum absolute atomic E-state index is 12.7. The minimum atomic E-state index is -0.252. The van der Waals surface area contributed by atoms with Gasteiger partial charge in [-0.3, -0.25) is 0 Å². The van der Waals surface area contributed by atoms with Gasteiger partial charge >= 0.3 is 0 Å². The summed E-state index contributed by atoms with van der Waals surface area (Å²) in [4.78, 5) is 0. The van der Waals surface area contributed by atoms with Gasteiger partial charge in [0.15, 0.2) is 0 Å². The molecule has 0 unspecified atom stereocenters. The molecular weight excluding hydrogens is 181 g/mol. The van der Waals surface area contributed by atoms with Crippen LogP contribution in [0, 0.1) is 5.82 Å². The zero-order valence-corrected chi connectivity index (χ0v) is 8.00. The van der Waals surface area contributed by atoms with Crippen molar-refractivity contribution in [2.24, 2.45) is 0 Å². The maximum Gasteiger partial charge on any atom is 0.126 e. The number of halogens is 1. The average molecular weight is 195 g/mol. The smallest absolute Gasteiger partial charge is 0.126 e. The lowest BCUT2D eigenvalue weighted by Gasteiger charge is -2.06. The Bertz CT molecular complexity index is 299. The lowest BCUT2D eigenvalue weighted by molar-refractivity contribution is 0.312. The Morgan fingerprint density at radius 2 is 2.29 bits per heavy atom. The Morgan fingerprint density at radius 1 is 1.43 bits per heavy atom. The van der Waals surface area contributed by atoms with Crippen molar-refractivity contribution in [2.75, 3.05) is 13.2 Å². The third-order valence-corrected chi connectivity index (χ3v) is 2.18. The summed E-state index contributed by atoms with van der Waals surface area (Å²) in [6.07, 6.45) is 2.56. The molecule has 0 atom stereocenters. The van der Waals surface area contributed by atoms with E-state index in [4.69, 9.17) is 4.74 Å². The molecule has 2 rings (SSSR count). The van der Waals surface area contributed by atoms with Gasteiger partial charge in [-0.2, -0.15) is 0 Å². The highest BCUT2D eigenvalue weighted by Gasteiger charge is 2.19. The first-order valence-electron chi connectivity index (χ1n) is 4.96. The molecule has 1 aromatic rings. The van der Waals surface area contributed by atoms with Gasteiger partial charge < -0.3 is 10.1 Å². The third kappa shape index (κ3) is 3.00. The second kappa shape index (κ2) is 4.42. The van der Waals surface area contributed by atoms with Gasteiger partial charge in [-0.1, -0.05) is 6.07 Å². The van der Waals surface area contributed by atoms with Crippen LogP contribution in [0.3, 0.4) is 0 Å². The maximum atomic E-state index is 12.7. The van der Waals surface area contributed by atoms with E-state index in [-0.39, 0.29) is 5.82 Å². The van der Waals surface area contributed by atoms with E-state index in [1.54, 1.807) is 12.1 Å². The molecule has 0 aliphatic heterocycles. The lowest BCUT2D eigenvalue weighted by atomic mass is 10.3. The van der Waals surface area contributed by atoms with E-state index in [9.17, 15) is 4.39 Å². The summed E-state index contributed by atoms with van der Waals surface area (Å²) >= 11 is 0. The first kappa shape index (κ1) is 9.46. The van der Waals surface area contributed by atoms with E-state index in [1.807, 2.05) is 0 Å². The Balaban J connectivity index is 1.68. The van der Waals surface area contributed by atoms with Crippen molar-refractivity contribution in [3.05, 3.63) is 30.1 Å². The molecule has 14 heavy (non-hydrogen) atoms. The predicted octanol–water partition coefficient (Wildman–Crippen LogP) is 1.96. The molecule has 2 nitrogen and oxygen atoms in total. The van der Waals surface area contributed by atoms with Crippen LogP contribution in [0.25, 0.3) is 0 Å². The van der Waals surface area contributed by atoms with Crippen molar-refractivity contribution in [1.29, 1.82) is 0 Å². The summed E-state index contributed by atoms with van der Waals surface area (Å²) < 4.78 is 18.1. The lowest BCUT2D eigenvalue weighted by Crippen LogP contribution is -2.22. The number of ether oxygens (including phenoxy) is 1. The van der Waals surface area contributed by atoms with Gasteiger partial charge in [0.2, 0.25) is 0 Å². The molecule has 3 heteroatoms. The Labute approximate surface area is 83.1 Å². The summed E-state index contributed by atoms with van der Waals surface area (Å²) in [6, 6.07) is 6.93. The second-order valence-electron chi connectivity index (χ2n) is 3.53. The summed E-state index contributed by atoms with van der Waals surface area (Å²) in [6.45, 7) is 1.43. The van der Waals surface area contributed by atoms with Crippen LogP contribution in [0.1, 0.15) is 12.8 Å². The molecular formula is C11H14FNO. The predicted molar refractivity (Wildman–Crippen MR) is 52.9 cm³/mol. The van der Waals surface area contributed by atoms with Gasteiger partial charge in [0.05, 0.1) is 0 Å². The Morgan fingerprint density at radius 3 is 3.00 bits per heavy atom. The number of benzene rings is 1. The van der Waals surface area contributed by atoms with E-state index in [2.05, 4.69) is 5.32 Å². The van der Waals surface area contributed by atoms with Gasteiger partial charge in [0.25, 0.3) is 0 Å². The standard InChI is InChI=1S/C11H14FNO/c12-9-2-1-3-11(8-9)14-7-6-13-10-4-5-10/h1-3,8,10,13H,4-7H2. The molecule has 0 aromatic heterocycles. The molecule has 0 saturated heterocycles. The quantitative estimate of drug-likeness (QED) is 0.725. The number of hydrogen-bond donors (Lipinski definition) is 1. The summed E-state index contributed by atoms with van der Waals surface area (Å²) in [5.41, 5.74) is 0. The van der Waals surface area contributed by atoms with Crippen LogP contribution in [0.2, 0.25) is 0 Å². The first-order valence-corrected chi connectivity index (χ1v) is 4.96. The van der Waals surface area contributed by atoms with Gasteiger partial charge in [-0.05, 0) is 25.0 Å². The molecule has 0 amide bonds. The molecule has 76 valence electrons. The van der Waals surface area contributed by atoms with E-state index >= 15 is 0 Å². The number of nitrogens with one attached hydrogen (secondary N) is 1. The third-order valence-electron chi connectivity index (χ3n) is 2.18. The fourth-order valence-corrected chi connectivity index (χ4v) is 1.28. The van der Waals surface area contributed by atoms with Crippen LogP contribution < -0.4 is 10.1 Å². The summed E-state index contributed by atoms with van der Waals surface area (Å²) in [5.74, 6) is 0.347. The van der Waals surface area contributed by atoms with Crippen LogP contribution in [-0.2, 0) is 0 Å². The zero-order valence-electron chi connectivity index (χ0n) is 8.00. The SMILES string of the molecule is Fc1cccc(OCCNC2CC2)c1. The van der Waals surface area contributed by atoms with Crippen molar-refractivity contribution in [2.45, 2.75) is 18.9 Å². The van der Waals surface area contributed by atoms with Crippen LogP contribution in [0.5, 0.6) is 5.75 Å². The first-order chi connectivity index (χ1) is 6.84. The fraction of sp³-hybridized carbons (Fsp3) is 0.455. The van der Waals surface area contributed by atoms with E-state index in [1.165, 1.54) is 25.0 Å². The van der Waals surface area contributed by atoms with Crippen molar-refractivity contribution >= 4 is 0 Å². The topological polar surface area (TPSA) is 21.3 Å². The minimum absolute atomic E-state index is 0.252. The normalized spacial score (nSPS) is 15.5. The van der Waals surface area contributed by atoms with Crippen molar-refractivity contribution < 1.29 is 9.13 Å². The van der Waals surface area contributed by atoms with Gasteiger partial charge in [-0.25, -0.2) is 4.39 Å². The van der Waals surface area contributed by atoms with Gasteiger partial charge in [0.1, 0.15) is 18.2 Å². The number of hydrogen-bond acceptors (Lipinski definition) is 2. The molecule has 1 aliphatic rings. The Kier molecular flexibility index (Phi) is 2.99. The summed E-state index contributed by atoms with van der Waals surface area (Å²) in [5, 5.41) is 3.32. The van der Waals surface area contributed by atoms with Gasteiger partial charge in [0, 0.05) is 18.7 Å². The molecule has 1 fully saturated rings. The van der Waals surface area contributed by atoms with Crippen LogP contribution >= 0.6 is 0 Å². The van der Waals surface area contributed by atoms with E-state index < -0.39 is 0 Å². The van der Waals surface area contributed by atoms with Crippen molar-refractivity contribution in [1.82, 2.24) is 5.32 Å². The summed E-state index contributed by atoms with van der Waals surface area (Å²) in [7, 11) is 0. The van der Waals surface area contributed by atoms with Crippen molar-refractivity contribution in [3.63, 3.8) is 0 Å². The highest BCUT2D eigenvalue weighted by molar-refractivity contribution is 5.22. The highest BCUT2D eigenvalue weighted by atomic mass is 19.1. The number of rotatable bonds is 5. The molecule has 0 heterocycles. The molecule has 0 bridgehead atoms. The van der Waals surface area contributed by atoms with Crippen LogP contribution in [0.15, 0.2) is 24.3 Å². The van der Waals surface area contributed by atoms with Crippen molar-refractivity contribution in [3.8, 4) is 5.75 Å². The average Bonchev–Trinajstić information content (AvgIpc) is 2.96. The monoisotopic (exact) mass is 195 g/mol. The molecule has 0 radical (unpaired) electrons. The molecule has 1 saturated carbocycles. The largest absolute Gasteiger partial charge is 0.492 e. The molecule has 0 spiro atoms. The molecule has 1 aromatic carbocycles. The van der Waals surface area contributed by atoms with Gasteiger partial charge in [-0.15, -0.1) is 0 Å². The molecule has 1 N–H and O–H groups in total. The minimum Gasteiger partial charge on any atom is -0.492 e. The zero-order chi connectivity index (χ0) is 9.80. The highest BCUT2D eigenvalue weighted by Crippen LogP contribution is 2.18. The van der Waals surface area contributed by atoms with E-state index in [0.717, 1.165) is 6.54 Å². The van der Waals surface area contributed by atoms with E-state index in [0.29, 0.717) is 18.4 Å². The van der Waals surface area contributed by atoms with Crippen LogP contribution in [0.4, 0.5) is 4.39 Å². The Hall–Kier alpha value is -1.09.